The Morgan fingerprint density at radius 2 is 2.08 bits per heavy atom. The molecular weight excluding hydrogens is 504 g/mol. The molecule has 1 saturated heterocycles. The number of carboxylic acids is 1. The van der Waals surface area contributed by atoms with E-state index in [1.807, 2.05) is 4.90 Å². The van der Waals surface area contributed by atoms with E-state index in [1.54, 1.807) is 37.6 Å². The fourth-order valence-electron chi connectivity index (χ4n) is 5.06. The van der Waals surface area contributed by atoms with E-state index < -0.39 is 23.9 Å². The summed E-state index contributed by atoms with van der Waals surface area (Å²) in [5.41, 5.74) is 1.97. The Labute approximate surface area is 226 Å². The quantitative estimate of drug-likeness (QED) is 0.385. The van der Waals surface area contributed by atoms with Crippen LogP contribution in [0.15, 0.2) is 48.7 Å². The summed E-state index contributed by atoms with van der Waals surface area (Å²) in [5, 5.41) is 13.2. The zero-order chi connectivity index (χ0) is 27.9. The molecule has 0 bridgehead atoms. The van der Waals surface area contributed by atoms with Gasteiger partial charge in [0.15, 0.2) is 0 Å². The van der Waals surface area contributed by atoms with E-state index in [4.69, 9.17) is 4.74 Å². The molecule has 7 nitrogen and oxygen atoms in total. The zero-order valence-corrected chi connectivity index (χ0v) is 21.9. The molecule has 3 atom stereocenters. The highest BCUT2D eigenvalue weighted by Crippen LogP contribution is 2.35. The number of piperidine rings is 1. The maximum Gasteiger partial charge on any atom is 0.308 e. The van der Waals surface area contributed by atoms with Gasteiger partial charge in [-0.25, -0.2) is 8.78 Å². The van der Waals surface area contributed by atoms with Crippen molar-refractivity contribution in [3.63, 3.8) is 0 Å². The van der Waals surface area contributed by atoms with Gasteiger partial charge in [-0.05, 0) is 79.8 Å². The second kappa shape index (κ2) is 12.7. The topological polar surface area (TPSA) is 91.8 Å². The van der Waals surface area contributed by atoms with E-state index in [0.717, 1.165) is 0 Å². The number of benzene rings is 2. The number of hydrogen-bond acceptors (Lipinski definition) is 5. The lowest BCUT2D eigenvalue weighted by atomic mass is 9.81. The number of pyridine rings is 1. The van der Waals surface area contributed by atoms with Crippen molar-refractivity contribution in [1.29, 1.82) is 0 Å². The number of carbonyl (C=O) groups is 2. The van der Waals surface area contributed by atoms with Crippen molar-refractivity contribution in [1.82, 2.24) is 9.88 Å². The molecule has 0 radical (unpaired) electrons. The highest BCUT2D eigenvalue weighted by molar-refractivity contribution is 5.90. The number of ether oxygens (including phenoxy) is 1. The van der Waals surface area contributed by atoms with Crippen LogP contribution in [0.25, 0.3) is 10.9 Å². The number of anilines is 1. The third-order valence-electron chi connectivity index (χ3n) is 7.09. The van der Waals surface area contributed by atoms with Crippen LogP contribution in [0.5, 0.6) is 5.75 Å². The van der Waals surface area contributed by atoms with Gasteiger partial charge >= 0.3 is 5.97 Å². The predicted molar refractivity (Wildman–Crippen MR) is 145 cm³/mol. The molecule has 0 saturated carbocycles. The standard InChI is InChI=1S/C30H31F2N3O4/c1-19(36)34-28-9-6-22(31)16-21(28)4-3-14-35-15-12-20(26(18-35)30(37)38)5-8-27(32)24-11-13-33-29-10-7-23(39-2)17-25(24)29/h6-7,9-11,13,16-17,20,26-27H,5,8,12,14-15,18H2,1-2H3,(H,34,36)(H,37,38)/t20-,26+,27-/m1/s1. The number of carboxylic acid groups (broad SMARTS) is 1. The zero-order valence-electron chi connectivity index (χ0n) is 21.9. The fourth-order valence-corrected chi connectivity index (χ4v) is 5.06. The highest BCUT2D eigenvalue weighted by atomic mass is 19.1. The Hall–Kier alpha value is -4.03. The van der Waals surface area contributed by atoms with Crippen LogP contribution in [0.1, 0.15) is 43.5 Å². The number of nitrogens with one attached hydrogen (secondary N) is 1. The summed E-state index contributed by atoms with van der Waals surface area (Å²) in [5.74, 6) is 4.00. The van der Waals surface area contributed by atoms with Crippen molar-refractivity contribution >= 4 is 28.5 Å². The summed E-state index contributed by atoms with van der Waals surface area (Å²) in [6.45, 7) is 2.57. The third-order valence-corrected chi connectivity index (χ3v) is 7.09. The molecule has 9 heteroatoms. The lowest BCUT2D eigenvalue weighted by Crippen LogP contribution is -2.44. The molecule has 1 fully saturated rings. The number of amides is 1. The molecule has 1 aromatic heterocycles. The van der Waals surface area contributed by atoms with Crippen LogP contribution in [0, 0.1) is 29.5 Å². The van der Waals surface area contributed by atoms with Crippen LogP contribution in [-0.2, 0) is 9.59 Å². The summed E-state index contributed by atoms with van der Waals surface area (Å²) in [4.78, 5) is 29.7. The van der Waals surface area contributed by atoms with Gasteiger partial charge in [-0.3, -0.25) is 19.5 Å². The van der Waals surface area contributed by atoms with Crippen LogP contribution in [0.3, 0.4) is 0 Å². The van der Waals surface area contributed by atoms with Crippen molar-refractivity contribution in [2.45, 2.75) is 32.4 Å². The summed E-state index contributed by atoms with van der Waals surface area (Å²) >= 11 is 0. The minimum absolute atomic E-state index is 0.165. The minimum atomic E-state index is -1.26. The number of alkyl halides is 1. The van der Waals surface area contributed by atoms with Crippen LogP contribution >= 0.6 is 0 Å². The smallest absolute Gasteiger partial charge is 0.308 e. The summed E-state index contributed by atoms with van der Waals surface area (Å²) in [7, 11) is 1.55. The number of aromatic nitrogens is 1. The van der Waals surface area contributed by atoms with E-state index in [9.17, 15) is 19.1 Å². The number of rotatable bonds is 8. The van der Waals surface area contributed by atoms with E-state index in [-0.39, 0.29) is 18.2 Å². The average molecular weight is 536 g/mol. The highest BCUT2D eigenvalue weighted by Gasteiger charge is 2.34. The Bertz CT molecular complexity index is 1420. The fraction of sp³-hybridized carbons (Fsp3) is 0.367. The summed E-state index contributed by atoms with van der Waals surface area (Å²) in [6.07, 6.45) is 1.57. The monoisotopic (exact) mass is 535 g/mol. The molecule has 3 aromatic rings. The number of nitrogens with zero attached hydrogens (tertiary/aromatic N) is 2. The van der Waals surface area contributed by atoms with Crippen molar-refractivity contribution in [3.05, 3.63) is 65.6 Å². The Balaban J connectivity index is 1.39. The normalized spacial score (nSPS) is 18.2. The van der Waals surface area contributed by atoms with Crippen molar-refractivity contribution < 1.29 is 28.2 Å². The van der Waals surface area contributed by atoms with Gasteiger partial charge in [-0.1, -0.05) is 11.8 Å². The first-order chi connectivity index (χ1) is 18.7. The van der Waals surface area contributed by atoms with Gasteiger partial charge in [0, 0.05) is 25.1 Å². The Morgan fingerprint density at radius 3 is 2.82 bits per heavy atom. The molecule has 2 N–H and O–H groups in total. The first kappa shape index (κ1) is 28.0. The molecule has 2 heterocycles. The molecule has 39 heavy (non-hydrogen) atoms. The summed E-state index contributed by atoms with van der Waals surface area (Å²) < 4.78 is 34.4. The number of methoxy groups -OCH3 is 1. The maximum atomic E-state index is 15.4. The van der Waals surface area contributed by atoms with Crippen molar-refractivity contribution in [2.75, 3.05) is 32.1 Å². The molecule has 4 rings (SSSR count). The van der Waals surface area contributed by atoms with Crippen LogP contribution < -0.4 is 10.1 Å². The largest absolute Gasteiger partial charge is 0.497 e. The van der Waals surface area contributed by atoms with Gasteiger partial charge in [0.1, 0.15) is 17.7 Å². The van der Waals surface area contributed by atoms with Crippen LogP contribution in [0.4, 0.5) is 14.5 Å². The van der Waals surface area contributed by atoms with Crippen LogP contribution in [-0.4, -0.2) is 53.6 Å². The number of fused-ring (bicyclic) bond motifs is 1. The van der Waals surface area contributed by atoms with Gasteiger partial charge in [0.2, 0.25) is 5.91 Å². The Kier molecular flexibility index (Phi) is 9.10. The number of carbonyl (C=O) groups excluding carboxylic acids is 1. The second-order valence-electron chi connectivity index (χ2n) is 9.73. The minimum Gasteiger partial charge on any atom is -0.497 e. The van der Waals surface area contributed by atoms with E-state index >= 15 is 4.39 Å². The lowest BCUT2D eigenvalue weighted by Gasteiger charge is -2.35. The van der Waals surface area contributed by atoms with Crippen LogP contribution in [0.2, 0.25) is 0 Å². The molecule has 1 amide bonds. The van der Waals surface area contributed by atoms with Gasteiger partial charge < -0.3 is 15.2 Å². The SMILES string of the molecule is COc1ccc2nccc([C@H](F)CC[C@@H]3CCN(CC#Cc4cc(F)ccc4NC(C)=O)C[C@@H]3C(=O)O)c2c1. The number of likely N-dealkylation sites (tertiary alicyclic amines) is 1. The maximum absolute atomic E-state index is 15.4. The first-order valence-corrected chi connectivity index (χ1v) is 12.8. The number of aliphatic carboxylic acids is 1. The molecule has 0 spiro atoms. The van der Waals surface area contributed by atoms with Gasteiger partial charge in [0.25, 0.3) is 0 Å². The molecule has 0 aliphatic carbocycles. The lowest BCUT2D eigenvalue weighted by molar-refractivity contribution is -0.146. The predicted octanol–water partition coefficient (Wildman–Crippen LogP) is 5.21. The number of halogens is 2. The van der Waals surface area contributed by atoms with E-state index in [2.05, 4.69) is 22.1 Å². The average Bonchev–Trinajstić information content (AvgIpc) is 2.92. The molecule has 204 valence electrons. The van der Waals surface area contributed by atoms with Crippen molar-refractivity contribution in [2.24, 2.45) is 11.8 Å². The summed E-state index contributed by atoms with van der Waals surface area (Å²) in [6, 6.07) is 11.0. The molecule has 2 aromatic carbocycles. The van der Waals surface area contributed by atoms with E-state index in [1.165, 1.54) is 25.1 Å². The molecule has 1 aliphatic heterocycles. The van der Waals surface area contributed by atoms with Gasteiger partial charge in [-0.2, -0.15) is 0 Å². The van der Waals surface area contributed by atoms with Gasteiger partial charge in [-0.15, -0.1) is 0 Å². The number of hydrogen-bond donors (Lipinski definition) is 2. The van der Waals surface area contributed by atoms with E-state index in [0.29, 0.717) is 65.9 Å². The first-order valence-electron chi connectivity index (χ1n) is 12.8. The molecular formula is C30H31F2N3O4. The third kappa shape index (κ3) is 7.09. The van der Waals surface area contributed by atoms with Crippen molar-refractivity contribution in [3.8, 4) is 17.6 Å². The molecule has 0 unspecified atom stereocenters. The second-order valence-corrected chi connectivity index (χ2v) is 9.73. The van der Waals surface area contributed by atoms with Gasteiger partial charge in [0.05, 0.1) is 36.3 Å². The molecule has 1 aliphatic rings. The Morgan fingerprint density at radius 1 is 1.26 bits per heavy atom.